The Morgan fingerprint density at radius 1 is 1.25 bits per heavy atom. The van der Waals surface area contributed by atoms with E-state index < -0.39 is 5.82 Å². The highest BCUT2D eigenvalue weighted by Crippen LogP contribution is 2.29. The third-order valence-corrected chi connectivity index (χ3v) is 6.51. The van der Waals surface area contributed by atoms with Gasteiger partial charge in [-0.25, -0.2) is 19.0 Å². The number of anilines is 1. The molecular formula is C22H26ClFN6OS. The van der Waals surface area contributed by atoms with Crippen LogP contribution in [0.1, 0.15) is 31.7 Å². The Morgan fingerprint density at radius 3 is 2.81 bits per heavy atom. The highest BCUT2D eigenvalue weighted by molar-refractivity contribution is 7.99. The number of benzene rings is 1. The molecule has 0 aliphatic carbocycles. The third kappa shape index (κ3) is 5.15. The maximum absolute atomic E-state index is 13.9. The number of fused-ring (bicyclic) bond motifs is 1. The first-order chi connectivity index (χ1) is 15.6. The molecule has 10 heteroatoms. The maximum Gasteiger partial charge on any atom is 0.224 e. The van der Waals surface area contributed by atoms with E-state index in [0.29, 0.717) is 13.1 Å². The molecule has 1 fully saturated rings. The molecule has 0 atom stereocenters. The van der Waals surface area contributed by atoms with Crippen LogP contribution in [0, 0.1) is 5.82 Å². The van der Waals surface area contributed by atoms with Gasteiger partial charge >= 0.3 is 0 Å². The zero-order chi connectivity index (χ0) is 22.5. The Bertz CT molecular complexity index is 1080. The van der Waals surface area contributed by atoms with Gasteiger partial charge in [-0.15, -0.1) is 0 Å². The predicted octanol–water partition coefficient (Wildman–Crippen LogP) is 4.08. The van der Waals surface area contributed by atoms with Gasteiger partial charge in [0.05, 0.1) is 24.5 Å². The Kier molecular flexibility index (Phi) is 7.47. The molecule has 1 amide bonds. The monoisotopic (exact) mass is 476 g/mol. The van der Waals surface area contributed by atoms with E-state index in [1.807, 2.05) is 0 Å². The van der Waals surface area contributed by atoms with Gasteiger partial charge in [0.25, 0.3) is 0 Å². The summed E-state index contributed by atoms with van der Waals surface area (Å²) in [4.78, 5) is 24.1. The molecule has 1 N–H and O–H groups in total. The fourth-order valence-corrected chi connectivity index (χ4v) is 4.64. The Morgan fingerprint density at radius 2 is 2.06 bits per heavy atom. The Hall–Kier alpha value is -2.39. The number of nitrogens with zero attached hydrogens (tertiary/aromatic N) is 5. The van der Waals surface area contributed by atoms with Crippen molar-refractivity contribution in [3.05, 3.63) is 40.8 Å². The minimum absolute atomic E-state index is 0.107. The molecule has 1 aliphatic rings. The van der Waals surface area contributed by atoms with E-state index in [9.17, 15) is 9.18 Å². The van der Waals surface area contributed by atoms with Gasteiger partial charge in [-0.3, -0.25) is 4.79 Å². The number of piperidine rings is 1. The van der Waals surface area contributed by atoms with Crippen LogP contribution >= 0.6 is 23.4 Å². The van der Waals surface area contributed by atoms with Gasteiger partial charge in [0.15, 0.2) is 10.8 Å². The lowest BCUT2D eigenvalue weighted by Crippen LogP contribution is -2.30. The number of carbonyl (C=O) groups is 1. The lowest BCUT2D eigenvalue weighted by molar-refractivity contribution is -0.120. The van der Waals surface area contributed by atoms with Gasteiger partial charge < -0.3 is 10.2 Å². The van der Waals surface area contributed by atoms with Crippen molar-refractivity contribution in [1.82, 2.24) is 25.1 Å². The van der Waals surface area contributed by atoms with Crippen LogP contribution in [0.3, 0.4) is 0 Å². The average Bonchev–Trinajstić information content (AvgIpc) is 3.20. The summed E-state index contributed by atoms with van der Waals surface area (Å²) in [6.07, 6.45) is 5.27. The second-order valence-electron chi connectivity index (χ2n) is 7.64. The topological polar surface area (TPSA) is 75.9 Å². The quantitative estimate of drug-likeness (QED) is 0.390. The normalized spacial score (nSPS) is 14.2. The van der Waals surface area contributed by atoms with Crippen molar-refractivity contribution in [2.45, 2.75) is 44.3 Å². The number of carbonyl (C=O) groups excluding carboxylic acids is 1. The molecule has 3 aromatic rings. The Labute approximate surface area is 195 Å². The van der Waals surface area contributed by atoms with Crippen molar-refractivity contribution < 1.29 is 9.18 Å². The van der Waals surface area contributed by atoms with Crippen molar-refractivity contribution in [2.24, 2.45) is 0 Å². The molecule has 7 nitrogen and oxygen atoms in total. The van der Waals surface area contributed by atoms with Crippen LogP contribution in [-0.2, 0) is 17.8 Å². The van der Waals surface area contributed by atoms with Crippen LogP contribution in [0.25, 0.3) is 11.0 Å². The van der Waals surface area contributed by atoms with Crippen LogP contribution in [-0.4, -0.2) is 51.0 Å². The molecule has 0 unspecified atom stereocenters. The molecule has 0 radical (unpaired) electrons. The number of aromatic nitrogens is 4. The molecule has 0 saturated carbocycles. The lowest BCUT2D eigenvalue weighted by atomic mass is 10.1. The van der Waals surface area contributed by atoms with Crippen LogP contribution in [0.2, 0.25) is 5.02 Å². The van der Waals surface area contributed by atoms with Crippen molar-refractivity contribution >= 4 is 46.1 Å². The van der Waals surface area contributed by atoms with E-state index in [0.717, 1.165) is 53.7 Å². The molecule has 170 valence electrons. The molecular weight excluding hydrogens is 451 g/mol. The van der Waals surface area contributed by atoms with Gasteiger partial charge in [-0.2, -0.15) is 5.10 Å². The summed E-state index contributed by atoms with van der Waals surface area (Å²) in [5.74, 6) is 1.05. The minimum Gasteiger partial charge on any atom is -0.356 e. The van der Waals surface area contributed by atoms with E-state index in [4.69, 9.17) is 21.6 Å². The third-order valence-electron chi connectivity index (χ3n) is 5.43. The van der Waals surface area contributed by atoms with Gasteiger partial charge in [0, 0.05) is 30.2 Å². The number of thioether (sulfide) groups is 1. The summed E-state index contributed by atoms with van der Waals surface area (Å²) >= 11 is 7.62. The zero-order valence-electron chi connectivity index (χ0n) is 18.0. The van der Waals surface area contributed by atoms with Gasteiger partial charge in [0.2, 0.25) is 5.91 Å². The summed E-state index contributed by atoms with van der Waals surface area (Å²) in [5.41, 5.74) is 0.972. The maximum atomic E-state index is 13.9. The predicted molar refractivity (Wildman–Crippen MR) is 126 cm³/mol. The molecule has 4 rings (SSSR count). The highest BCUT2D eigenvalue weighted by Gasteiger charge is 2.20. The number of hydrogen-bond donors (Lipinski definition) is 1. The first-order valence-electron chi connectivity index (χ1n) is 10.9. The van der Waals surface area contributed by atoms with E-state index in [1.54, 1.807) is 28.7 Å². The van der Waals surface area contributed by atoms with Crippen molar-refractivity contribution in [3.63, 3.8) is 0 Å². The molecule has 0 spiro atoms. The lowest BCUT2D eigenvalue weighted by Gasteiger charge is -2.28. The molecule has 2 aromatic heterocycles. The summed E-state index contributed by atoms with van der Waals surface area (Å²) in [6, 6.07) is 4.40. The van der Waals surface area contributed by atoms with Gasteiger partial charge in [0.1, 0.15) is 11.6 Å². The number of halogens is 2. The van der Waals surface area contributed by atoms with E-state index in [2.05, 4.69) is 22.2 Å². The van der Waals surface area contributed by atoms with Gasteiger partial charge in [-0.05, 0) is 37.1 Å². The van der Waals surface area contributed by atoms with Crippen LogP contribution in [0.15, 0.2) is 29.6 Å². The van der Waals surface area contributed by atoms with Crippen LogP contribution < -0.4 is 10.2 Å². The largest absolute Gasteiger partial charge is 0.356 e. The zero-order valence-corrected chi connectivity index (χ0v) is 19.6. The fourth-order valence-electron chi connectivity index (χ4n) is 3.85. The highest BCUT2D eigenvalue weighted by atomic mass is 35.5. The number of amides is 1. The number of rotatable bonds is 8. The smallest absolute Gasteiger partial charge is 0.224 e. The summed E-state index contributed by atoms with van der Waals surface area (Å²) in [6.45, 7) is 4.85. The second kappa shape index (κ2) is 10.5. The number of hydrogen-bond acceptors (Lipinski definition) is 6. The summed E-state index contributed by atoms with van der Waals surface area (Å²) < 4.78 is 15.7. The van der Waals surface area contributed by atoms with Gasteiger partial charge in [-0.1, -0.05) is 36.4 Å². The standard InChI is InChI=1S/C22H26ClFN6OS/c1-2-32-22-27-20(29-10-4-3-5-11-29)16-14-26-30(21(16)28-22)12-9-25-19(31)13-15-17(23)7-6-8-18(15)24/h6-8,14H,2-5,9-13H2,1H3,(H,25,31). The summed E-state index contributed by atoms with van der Waals surface area (Å²) in [7, 11) is 0. The molecule has 3 heterocycles. The Balaban J connectivity index is 1.47. The van der Waals surface area contributed by atoms with Crippen LogP contribution in [0.5, 0.6) is 0 Å². The summed E-state index contributed by atoms with van der Waals surface area (Å²) in [5, 5.41) is 9.24. The molecule has 1 aromatic carbocycles. The molecule has 32 heavy (non-hydrogen) atoms. The molecule has 0 bridgehead atoms. The average molecular weight is 477 g/mol. The van der Waals surface area contributed by atoms with Crippen molar-refractivity contribution in [1.29, 1.82) is 0 Å². The first kappa shape index (κ1) is 22.8. The first-order valence-corrected chi connectivity index (χ1v) is 12.2. The van der Waals surface area contributed by atoms with Crippen LogP contribution in [0.4, 0.5) is 10.2 Å². The fraction of sp³-hybridized carbons (Fsp3) is 0.455. The second-order valence-corrected chi connectivity index (χ2v) is 9.28. The van der Waals surface area contributed by atoms with Crippen molar-refractivity contribution in [2.75, 3.05) is 30.3 Å². The van der Waals surface area contributed by atoms with E-state index >= 15 is 0 Å². The van der Waals surface area contributed by atoms with E-state index in [-0.39, 0.29) is 22.9 Å². The van der Waals surface area contributed by atoms with Crippen molar-refractivity contribution in [3.8, 4) is 0 Å². The SMILES string of the molecule is CCSc1nc(N2CCCCC2)c2cnn(CCNC(=O)Cc3c(F)cccc3Cl)c2n1. The van der Waals surface area contributed by atoms with E-state index in [1.165, 1.54) is 18.6 Å². The molecule has 1 aliphatic heterocycles. The molecule has 1 saturated heterocycles. The number of nitrogens with one attached hydrogen (secondary N) is 1. The minimum atomic E-state index is -0.478.